The van der Waals surface area contributed by atoms with E-state index < -0.39 is 0 Å². The molecule has 2 heterocycles. The molecule has 0 amide bonds. The normalized spacial score (nSPS) is 13.2. The Morgan fingerprint density at radius 1 is 1.41 bits per heavy atom. The SMILES string of the molecule is CCn1c(=S)[nH]c2cc3c(cc2c1=O)OCO3. The largest absolute Gasteiger partial charge is 0.454 e. The minimum Gasteiger partial charge on any atom is -0.454 e. The molecule has 0 fully saturated rings. The van der Waals surface area contributed by atoms with E-state index in [1.807, 2.05) is 6.92 Å². The van der Waals surface area contributed by atoms with Gasteiger partial charge in [-0.25, -0.2) is 0 Å². The predicted octanol–water partition coefficient (Wildman–Crippen LogP) is 1.81. The van der Waals surface area contributed by atoms with Gasteiger partial charge < -0.3 is 14.5 Å². The number of benzene rings is 1. The summed E-state index contributed by atoms with van der Waals surface area (Å²) in [6, 6.07) is 3.44. The third-order valence-electron chi connectivity index (χ3n) is 2.79. The minimum absolute atomic E-state index is 0.107. The zero-order valence-electron chi connectivity index (χ0n) is 9.15. The highest BCUT2D eigenvalue weighted by molar-refractivity contribution is 7.71. The Labute approximate surface area is 102 Å². The molecule has 17 heavy (non-hydrogen) atoms. The monoisotopic (exact) mass is 250 g/mol. The van der Waals surface area contributed by atoms with Crippen LogP contribution in [0.4, 0.5) is 0 Å². The number of rotatable bonds is 1. The Bertz CT molecular complexity index is 717. The van der Waals surface area contributed by atoms with Crippen LogP contribution in [-0.4, -0.2) is 16.3 Å². The van der Waals surface area contributed by atoms with Gasteiger partial charge in [-0.3, -0.25) is 9.36 Å². The van der Waals surface area contributed by atoms with Crippen LogP contribution >= 0.6 is 12.2 Å². The maximum atomic E-state index is 12.2. The highest BCUT2D eigenvalue weighted by Gasteiger charge is 2.16. The summed E-state index contributed by atoms with van der Waals surface area (Å²) >= 11 is 5.13. The molecule has 0 unspecified atom stereocenters. The number of aromatic nitrogens is 2. The second-order valence-corrected chi connectivity index (χ2v) is 4.12. The zero-order chi connectivity index (χ0) is 12.0. The summed E-state index contributed by atoms with van der Waals surface area (Å²) in [5, 5.41) is 0.560. The van der Waals surface area contributed by atoms with Gasteiger partial charge in [0.15, 0.2) is 16.3 Å². The Morgan fingerprint density at radius 3 is 2.82 bits per heavy atom. The van der Waals surface area contributed by atoms with E-state index in [4.69, 9.17) is 21.7 Å². The first kappa shape index (κ1) is 10.3. The molecule has 5 nitrogen and oxygen atoms in total. The molecule has 0 saturated carbocycles. The van der Waals surface area contributed by atoms with E-state index in [0.717, 1.165) is 0 Å². The van der Waals surface area contributed by atoms with E-state index in [2.05, 4.69) is 4.98 Å². The van der Waals surface area contributed by atoms with Crippen LogP contribution in [0.2, 0.25) is 0 Å². The zero-order valence-corrected chi connectivity index (χ0v) is 9.97. The summed E-state index contributed by atoms with van der Waals surface area (Å²) in [6.07, 6.45) is 0. The molecule has 3 rings (SSSR count). The fourth-order valence-electron chi connectivity index (χ4n) is 1.93. The molecular weight excluding hydrogens is 240 g/mol. The summed E-state index contributed by atoms with van der Waals surface area (Å²) < 4.78 is 12.4. The highest BCUT2D eigenvalue weighted by Crippen LogP contribution is 2.34. The molecule has 0 radical (unpaired) electrons. The lowest BCUT2D eigenvalue weighted by Gasteiger charge is -2.05. The van der Waals surface area contributed by atoms with Crippen molar-refractivity contribution in [3.8, 4) is 11.5 Å². The number of ether oxygens (including phenoxy) is 2. The Balaban J connectivity index is 2.44. The van der Waals surface area contributed by atoms with Crippen molar-refractivity contribution < 1.29 is 9.47 Å². The number of aromatic amines is 1. The van der Waals surface area contributed by atoms with Crippen LogP contribution in [0.5, 0.6) is 11.5 Å². The highest BCUT2D eigenvalue weighted by atomic mass is 32.1. The lowest BCUT2D eigenvalue weighted by molar-refractivity contribution is 0.174. The third-order valence-corrected chi connectivity index (χ3v) is 3.11. The molecule has 1 aromatic carbocycles. The Morgan fingerprint density at radius 2 is 2.12 bits per heavy atom. The molecular formula is C11H10N2O3S. The predicted molar refractivity (Wildman–Crippen MR) is 65.2 cm³/mol. The van der Waals surface area contributed by atoms with E-state index in [9.17, 15) is 4.79 Å². The summed E-state index contributed by atoms with van der Waals surface area (Å²) in [5.41, 5.74) is 0.568. The van der Waals surface area contributed by atoms with Gasteiger partial charge >= 0.3 is 0 Å². The summed E-state index contributed by atoms with van der Waals surface area (Å²) in [7, 11) is 0. The molecule has 1 aromatic heterocycles. The topological polar surface area (TPSA) is 56.2 Å². The lowest BCUT2D eigenvalue weighted by atomic mass is 10.2. The summed E-state index contributed by atoms with van der Waals surface area (Å²) in [4.78, 5) is 15.2. The Kier molecular flexibility index (Phi) is 2.19. The van der Waals surface area contributed by atoms with Crippen molar-refractivity contribution in [2.75, 3.05) is 6.79 Å². The number of fused-ring (bicyclic) bond motifs is 2. The van der Waals surface area contributed by atoms with Crippen LogP contribution in [0.15, 0.2) is 16.9 Å². The smallest absolute Gasteiger partial charge is 0.262 e. The first-order valence-corrected chi connectivity index (χ1v) is 5.68. The maximum Gasteiger partial charge on any atom is 0.262 e. The standard InChI is InChI=1S/C11H10N2O3S/c1-2-13-10(14)6-3-8-9(16-5-15-8)4-7(6)12-11(13)17/h3-4H,2,5H2,1H3,(H,12,17). The van der Waals surface area contributed by atoms with E-state index in [1.165, 1.54) is 4.57 Å². The van der Waals surface area contributed by atoms with Gasteiger partial charge in [0.05, 0.1) is 10.9 Å². The molecule has 2 aromatic rings. The van der Waals surface area contributed by atoms with Crippen molar-refractivity contribution in [1.29, 1.82) is 0 Å². The van der Waals surface area contributed by atoms with Crippen LogP contribution in [0.25, 0.3) is 10.9 Å². The lowest BCUT2D eigenvalue weighted by Crippen LogP contribution is -2.21. The summed E-state index contributed by atoms with van der Waals surface area (Å²) in [5.74, 6) is 1.24. The number of hydrogen-bond donors (Lipinski definition) is 1. The van der Waals surface area contributed by atoms with Crippen molar-refractivity contribution in [3.63, 3.8) is 0 Å². The molecule has 0 atom stereocenters. The van der Waals surface area contributed by atoms with Gasteiger partial charge in [-0.1, -0.05) is 0 Å². The molecule has 0 aliphatic carbocycles. The van der Waals surface area contributed by atoms with Gasteiger partial charge in [0.25, 0.3) is 5.56 Å². The van der Waals surface area contributed by atoms with Crippen molar-refractivity contribution in [1.82, 2.24) is 9.55 Å². The first-order chi connectivity index (χ1) is 8.20. The van der Waals surface area contributed by atoms with Crippen LogP contribution < -0.4 is 15.0 Å². The van der Waals surface area contributed by atoms with Crippen molar-refractivity contribution in [2.24, 2.45) is 0 Å². The van der Waals surface area contributed by atoms with Crippen LogP contribution in [0.3, 0.4) is 0 Å². The average molecular weight is 250 g/mol. The van der Waals surface area contributed by atoms with E-state index in [1.54, 1.807) is 12.1 Å². The molecule has 1 aliphatic heterocycles. The molecule has 0 bridgehead atoms. The molecule has 88 valence electrons. The average Bonchev–Trinajstić information content (AvgIpc) is 2.74. The summed E-state index contributed by atoms with van der Waals surface area (Å²) in [6.45, 7) is 2.61. The van der Waals surface area contributed by atoms with Gasteiger partial charge in [-0.2, -0.15) is 0 Å². The van der Waals surface area contributed by atoms with Crippen molar-refractivity contribution in [2.45, 2.75) is 13.5 Å². The number of hydrogen-bond acceptors (Lipinski definition) is 4. The van der Waals surface area contributed by atoms with Gasteiger partial charge in [0.2, 0.25) is 6.79 Å². The molecule has 0 saturated heterocycles. The van der Waals surface area contributed by atoms with Gasteiger partial charge in [-0.05, 0) is 25.2 Å². The first-order valence-electron chi connectivity index (χ1n) is 5.27. The number of nitrogens with zero attached hydrogens (tertiary/aromatic N) is 1. The maximum absolute atomic E-state index is 12.2. The Hall–Kier alpha value is -1.82. The van der Waals surface area contributed by atoms with Crippen LogP contribution in [-0.2, 0) is 6.54 Å². The second kappa shape index (κ2) is 3.59. The van der Waals surface area contributed by atoms with Crippen LogP contribution in [0.1, 0.15) is 6.92 Å². The third kappa shape index (κ3) is 1.44. The van der Waals surface area contributed by atoms with Crippen molar-refractivity contribution >= 4 is 23.1 Å². The minimum atomic E-state index is -0.107. The quantitative estimate of drug-likeness (QED) is 0.784. The molecule has 6 heteroatoms. The molecule has 0 spiro atoms. The van der Waals surface area contributed by atoms with E-state index >= 15 is 0 Å². The van der Waals surface area contributed by atoms with Crippen LogP contribution in [0, 0.1) is 4.77 Å². The van der Waals surface area contributed by atoms with Gasteiger partial charge in [0, 0.05) is 12.6 Å². The van der Waals surface area contributed by atoms with E-state index in [0.29, 0.717) is 33.7 Å². The number of H-pyrrole nitrogens is 1. The molecule has 1 N–H and O–H groups in total. The van der Waals surface area contributed by atoms with Gasteiger partial charge in [0.1, 0.15) is 0 Å². The number of nitrogens with one attached hydrogen (secondary N) is 1. The molecule has 1 aliphatic rings. The van der Waals surface area contributed by atoms with Crippen molar-refractivity contribution in [3.05, 3.63) is 27.3 Å². The van der Waals surface area contributed by atoms with E-state index in [-0.39, 0.29) is 12.4 Å². The second-order valence-electron chi connectivity index (χ2n) is 3.73. The van der Waals surface area contributed by atoms with Gasteiger partial charge in [-0.15, -0.1) is 0 Å². The fourth-order valence-corrected chi connectivity index (χ4v) is 2.25. The fraction of sp³-hybridized carbons (Fsp3) is 0.273.